The highest BCUT2D eigenvalue weighted by molar-refractivity contribution is 9.10. The summed E-state index contributed by atoms with van der Waals surface area (Å²) in [6.07, 6.45) is -3.71. The molecule has 2 aromatic rings. The standard InChI is InChI=1S/C14H10BrF3OS/c15-12-5-3-9(14(16,17)18)8-11(12)13(19)6-4-10-2-1-7-20-10/h1-3,5,7-8H,4,6H2. The largest absolute Gasteiger partial charge is 0.416 e. The van der Waals surface area contributed by atoms with Crippen LogP contribution in [0.3, 0.4) is 0 Å². The summed E-state index contributed by atoms with van der Waals surface area (Å²) in [6.45, 7) is 0. The van der Waals surface area contributed by atoms with Crippen molar-refractivity contribution in [1.29, 1.82) is 0 Å². The normalized spacial score (nSPS) is 11.6. The molecule has 0 N–H and O–H groups in total. The summed E-state index contributed by atoms with van der Waals surface area (Å²) in [4.78, 5) is 13.1. The van der Waals surface area contributed by atoms with E-state index in [4.69, 9.17) is 0 Å². The Balaban J connectivity index is 2.16. The van der Waals surface area contributed by atoms with Crippen LogP contribution in [0.1, 0.15) is 27.2 Å². The molecule has 6 heteroatoms. The Morgan fingerprint density at radius 2 is 2.00 bits per heavy atom. The van der Waals surface area contributed by atoms with Crippen LogP contribution in [0.5, 0.6) is 0 Å². The van der Waals surface area contributed by atoms with E-state index in [9.17, 15) is 18.0 Å². The van der Waals surface area contributed by atoms with E-state index >= 15 is 0 Å². The van der Waals surface area contributed by atoms with Gasteiger partial charge < -0.3 is 0 Å². The minimum absolute atomic E-state index is 0.0800. The summed E-state index contributed by atoms with van der Waals surface area (Å²) in [7, 11) is 0. The molecule has 20 heavy (non-hydrogen) atoms. The van der Waals surface area contributed by atoms with Crippen molar-refractivity contribution in [2.75, 3.05) is 0 Å². The molecule has 0 radical (unpaired) electrons. The average molecular weight is 363 g/mol. The molecule has 0 unspecified atom stereocenters. The van der Waals surface area contributed by atoms with Gasteiger partial charge >= 0.3 is 6.18 Å². The highest BCUT2D eigenvalue weighted by Crippen LogP contribution is 2.32. The number of Topliss-reactive ketones (excluding diaryl/α,β-unsaturated/α-hetero) is 1. The molecule has 106 valence electrons. The molecule has 0 bridgehead atoms. The fourth-order valence-electron chi connectivity index (χ4n) is 1.74. The van der Waals surface area contributed by atoms with Gasteiger partial charge in [0, 0.05) is 21.3 Å². The Labute approximate surface area is 126 Å². The molecule has 0 atom stereocenters. The summed E-state index contributed by atoms with van der Waals surface area (Å²) >= 11 is 4.66. The predicted octanol–water partition coefficient (Wildman–Crippen LogP) is 5.34. The van der Waals surface area contributed by atoms with Crippen LogP contribution in [0.2, 0.25) is 0 Å². The number of hydrogen-bond donors (Lipinski definition) is 0. The SMILES string of the molecule is O=C(CCc1cccs1)c1cc(C(F)(F)F)ccc1Br. The number of aryl methyl sites for hydroxylation is 1. The summed E-state index contributed by atoms with van der Waals surface area (Å²) in [5.41, 5.74) is -0.725. The maximum Gasteiger partial charge on any atom is 0.416 e. The van der Waals surface area contributed by atoms with Gasteiger partial charge in [-0.25, -0.2) is 0 Å². The molecule has 0 saturated heterocycles. The molecule has 0 fully saturated rings. The summed E-state index contributed by atoms with van der Waals surface area (Å²) in [5.74, 6) is -0.295. The van der Waals surface area contributed by atoms with E-state index in [0.717, 1.165) is 17.0 Å². The lowest BCUT2D eigenvalue weighted by atomic mass is 10.0. The highest BCUT2D eigenvalue weighted by atomic mass is 79.9. The first-order valence-corrected chi connectivity index (χ1v) is 7.47. The van der Waals surface area contributed by atoms with Crippen LogP contribution in [-0.4, -0.2) is 5.78 Å². The minimum Gasteiger partial charge on any atom is -0.294 e. The van der Waals surface area contributed by atoms with Crippen LogP contribution >= 0.6 is 27.3 Å². The number of hydrogen-bond acceptors (Lipinski definition) is 2. The minimum atomic E-state index is -4.44. The molecular formula is C14H10BrF3OS. The van der Waals surface area contributed by atoms with E-state index in [1.54, 1.807) is 0 Å². The molecule has 0 amide bonds. The molecule has 0 spiro atoms. The first-order valence-electron chi connectivity index (χ1n) is 5.80. The Kier molecular flexibility index (Phi) is 4.65. The van der Waals surface area contributed by atoms with Gasteiger partial charge in [0.2, 0.25) is 0 Å². The first-order chi connectivity index (χ1) is 9.38. The van der Waals surface area contributed by atoms with E-state index in [1.807, 2.05) is 17.5 Å². The van der Waals surface area contributed by atoms with Crippen LogP contribution in [0.4, 0.5) is 13.2 Å². The van der Waals surface area contributed by atoms with Crippen molar-refractivity contribution in [3.63, 3.8) is 0 Å². The third-order valence-electron chi connectivity index (χ3n) is 2.77. The first kappa shape index (κ1) is 15.3. The quantitative estimate of drug-likeness (QED) is 0.670. The van der Waals surface area contributed by atoms with Crippen LogP contribution < -0.4 is 0 Å². The molecule has 1 heterocycles. The second-order valence-corrected chi connectivity index (χ2v) is 6.08. The maximum atomic E-state index is 12.6. The molecule has 2 rings (SSSR count). The molecule has 0 aliphatic rings. The number of rotatable bonds is 4. The molecule has 1 aromatic carbocycles. The predicted molar refractivity (Wildman–Crippen MR) is 76.1 cm³/mol. The Morgan fingerprint density at radius 3 is 2.60 bits per heavy atom. The monoisotopic (exact) mass is 362 g/mol. The average Bonchev–Trinajstić information content (AvgIpc) is 2.88. The van der Waals surface area contributed by atoms with Gasteiger partial charge in [0.1, 0.15) is 0 Å². The number of thiophene rings is 1. The lowest BCUT2D eigenvalue weighted by molar-refractivity contribution is -0.137. The Hall–Kier alpha value is -1.14. The molecule has 0 aliphatic heterocycles. The second-order valence-electron chi connectivity index (χ2n) is 4.19. The Morgan fingerprint density at radius 1 is 1.25 bits per heavy atom. The number of halogens is 4. The Bertz CT molecular complexity index is 605. The van der Waals surface area contributed by atoms with Gasteiger partial charge in [-0.3, -0.25) is 4.79 Å². The van der Waals surface area contributed by atoms with Gasteiger partial charge in [0.15, 0.2) is 5.78 Å². The van der Waals surface area contributed by atoms with Gasteiger partial charge in [0.05, 0.1) is 5.56 Å². The molecule has 0 saturated carbocycles. The fraction of sp³-hybridized carbons (Fsp3) is 0.214. The van der Waals surface area contributed by atoms with Crippen molar-refractivity contribution < 1.29 is 18.0 Å². The van der Waals surface area contributed by atoms with E-state index in [1.165, 1.54) is 17.4 Å². The zero-order chi connectivity index (χ0) is 14.8. The van der Waals surface area contributed by atoms with Crippen LogP contribution in [0.25, 0.3) is 0 Å². The summed E-state index contributed by atoms with van der Waals surface area (Å²) < 4.78 is 38.3. The number of carbonyl (C=O) groups is 1. The number of carbonyl (C=O) groups excluding carboxylic acids is 1. The molecule has 1 nitrogen and oxygen atoms in total. The van der Waals surface area contributed by atoms with Crippen molar-refractivity contribution in [1.82, 2.24) is 0 Å². The van der Waals surface area contributed by atoms with Crippen molar-refractivity contribution >= 4 is 33.0 Å². The molecule has 1 aromatic heterocycles. The summed E-state index contributed by atoms with van der Waals surface area (Å²) in [6, 6.07) is 6.91. The lowest BCUT2D eigenvalue weighted by Crippen LogP contribution is -2.08. The maximum absolute atomic E-state index is 12.6. The van der Waals surface area contributed by atoms with Crippen molar-refractivity contribution in [3.8, 4) is 0 Å². The van der Waals surface area contributed by atoms with E-state index in [2.05, 4.69) is 15.9 Å². The van der Waals surface area contributed by atoms with E-state index in [0.29, 0.717) is 10.9 Å². The number of ketones is 1. The number of benzene rings is 1. The van der Waals surface area contributed by atoms with Gasteiger partial charge in [-0.15, -0.1) is 11.3 Å². The molecular weight excluding hydrogens is 353 g/mol. The van der Waals surface area contributed by atoms with Crippen LogP contribution in [-0.2, 0) is 12.6 Å². The third-order valence-corrected chi connectivity index (χ3v) is 4.40. The second kappa shape index (κ2) is 6.10. The fourth-order valence-corrected chi connectivity index (χ4v) is 2.92. The van der Waals surface area contributed by atoms with Crippen molar-refractivity contribution in [3.05, 3.63) is 56.2 Å². The van der Waals surface area contributed by atoms with Crippen molar-refractivity contribution in [2.24, 2.45) is 0 Å². The van der Waals surface area contributed by atoms with Gasteiger partial charge in [-0.2, -0.15) is 13.2 Å². The van der Waals surface area contributed by atoms with Crippen molar-refractivity contribution in [2.45, 2.75) is 19.0 Å². The van der Waals surface area contributed by atoms with E-state index < -0.39 is 11.7 Å². The zero-order valence-electron chi connectivity index (χ0n) is 10.2. The lowest BCUT2D eigenvalue weighted by Gasteiger charge is -2.10. The van der Waals surface area contributed by atoms with E-state index in [-0.39, 0.29) is 17.8 Å². The smallest absolute Gasteiger partial charge is 0.294 e. The third kappa shape index (κ3) is 3.70. The topological polar surface area (TPSA) is 17.1 Å². The number of alkyl halides is 3. The van der Waals surface area contributed by atoms with Gasteiger partial charge in [-0.1, -0.05) is 22.0 Å². The molecule has 0 aliphatic carbocycles. The summed E-state index contributed by atoms with van der Waals surface area (Å²) in [5, 5.41) is 1.90. The highest BCUT2D eigenvalue weighted by Gasteiger charge is 2.31. The van der Waals surface area contributed by atoms with Crippen LogP contribution in [0.15, 0.2) is 40.2 Å². The van der Waals surface area contributed by atoms with Crippen LogP contribution in [0, 0.1) is 0 Å². The zero-order valence-corrected chi connectivity index (χ0v) is 12.6. The van der Waals surface area contributed by atoms with Gasteiger partial charge in [0.25, 0.3) is 0 Å². The van der Waals surface area contributed by atoms with Gasteiger partial charge in [-0.05, 0) is 36.1 Å².